The van der Waals surface area contributed by atoms with Gasteiger partial charge in [0.2, 0.25) is 0 Å². The van der Waals surface area contributed by atoms with Gasteiger partial charge in [0, 0.05) is 12.5 Å². The molecule has 0 rings (SSSR count). The van der Waals surface area contributed by atoms with Gasteiger partial charge in [-0.1, -0.05) is 84.8 Å². The van der Waals surface area contributed by atoms with Crippen LogP contribution in [0.2, 0.25) is 18.1 Å². The number of ether oxygens (including phenoxy) is 1. The van der Waals surface area contributed by atoms with Gasteiger partial charge in [-0.2, -0.15) is 0 Å². The van der Waals surface area contributed by atoms with Gasteiger partial charge in [0.15, 0.2) is 8.32 Å². The minimum absolute atomic E-state index is 0.0860. The predicted molar refractivity (Wildman–Crippen MR) is 129 cm³/mol. The number of esters is 1. The molecule has 3 nitrogen and oxygen atoms in total. The number of carbonyl (C=O) groups excluding carboxylic acids is 1. The molecule has 0 fully saturated rings. The Labute approximate surface area is 183 Å². The van der Waals surface area contributed by atoms with Gasteiger partial charge >= 0.3 is 5.97 Å². The SMILES string of the molecule is CCCCCCC(CC=CCCCCCCCC(=O)OC)O[Si](C)(C)C(C)(C)C. The summed E-state index contributed by atoms with van der Waals surface area (Å²) in [6.07, 6.45) is 20.0. The summed E-state index contributed by atoms with van der Waals surface area (Å²) in [4.78, 5) is 11.1. The molecule has 0 aliphatic rings. The summed E-state index contributed by atoms with van der Waals surface area (Å²) < 4.78 is 11.4. The van der Waals surface area contributed by atoms with Crippen LogP contribution in [-0.2, 0) is 14.0 Å². The first-order valence-corrected chi connectivity index (χ1v) is 14.9. The van der Waals surface area contributed by atoms with E-state index in [0.29, 0.717) is 12.5 Å². The highest BCUT2D eigenvalue weighted by Crippen LogP contribution is 2.38. The van der Waals surface area contributed by atoms with Crippen LogP contribution in [-0.4, -0.2) is 27.5 Å². The number of methoxy groups -OCH3 is 1. The van der Waals surface area contributed by atoms with E-state index >= 15 is 0 Å². The smallest absolute Gasteiger partial charge is 0.305 e. The van der Waals surface area contributed by atoms with Crippen molar-refractivity contribution in [1.29, 1.82) is 0 Å². The number of hydrogen-bond donors (Lipinski definition) is 0. The van der Waals surface area contributed by atoms with E-state index in [0.717, 1.165) is 25.7 Å². The van der Waals surface area contributed by atoms with Gasteiger partial charge < -0.3 is 9.16 Å². The third kappa shape index (κ3) is 14.9. The maximum Gasteiger partial charge on any atom is 0.305 e. The molecular weight excluding hydrogens is 376 g/mol. The molecule has 172 valence electrons. The number of hydrogen-bond acceptors (Lipinski definition) is 3. The molecule has 0 aromatic carbocycles. The Morgan fingerprint density at radius 1 is 0.931 bits per heavy atom. The predicted octanol–water partition coefficient (Wildman–Crippen LogP) is 8.20. The highest BCUT2D eigenvalue weighted by Gasteiger charge is 2.38. The largest absolute Gasteiger partial charge is 0.469 e. The van der Waals surface area contributed by atoms with Crippen molar-refractivity contribution in [3.05, 3.63) is 12.2 Å². The molecule has 0 saturated heterocycles. The van der Waals surface area contributed by atoms with Gasteiger partial charge in [-0.3, -0.25) is 4.79 Å². The van der Waals surface area contributed by atoms with Crippen LogP contribution in [0.25, 0.3) is 0 Å². The van der Waals surface area contributed by atoms with E-state index < -0.39 is 8.32 Å². The van der Waals surface area contributed by atoms with Crippen molar-refractivity contribution >= 4 is 14.3 Å². The third-order valence-electron chi connectivity index (χ3n) is 6.19. The van der Waals surface area contributed by atoms with Gasteiger partial charge in [-0.25, -0.2) is 0 Å². The van der Waals surface area contributed by atoms with Crippen LogP contribution in [0.5, 0.6) is 0 Å². The molecule has 29 heavy (non-hydrogen) atoms. The number of allylic oxidation sites excluding steroid dienone is 1. The second-order valence-electron chi connectivity index (χ2n) is 9.94. The third-order valence-corrected chi connectivity index (χ3v) is 10.7. The summed E-state index contributed by atoms with van der Waals surface area (Å²) in [6.45, 7) is 14.0. The molecule has 0 bridgehead atoms. The van der Waals surface area contributed by atoms with Crippen LogP contribution in [0.15, 0.2) is 12.2 Å². The molecule has 1 atom stereocenters. The van der Waals surface area contributed by atoms with Gasteiger partial charge in [0.25, 0.3) is 0 Å². The zero-order chi connectivity index (χ0) is 22.2. The van der Waals surface area contributed by atoms with Crippen molar-refractivity contribution in [3.63, 3.8) is 0 Å². The van der Waals surface area contributed by atoms with Crippen molar-refractivity contribution in [1.82, 2.24) is 0 Å². The minimum Gasteiger partial charge on any atom is -0.469 e. The molecule has 0 saturated carbocycles. The normalized spacial score (nSPS) is 13.8. The lowest BCUT2D eigenvalue weighted by molar-refractivity contribution is -0.140. The lowest BCUT2D eigenvalue weighted by atomic mass is 10.1. The number of rotatable bonds is 17. The van der Waals surface area contributed by atoms with Crippen molar-refractivity contribution in [3.8, 4) is 0 Å². The molecule has 0 aromatic rings. The summed E-state index contributed by atoms with van der Waals surface area (Å²) in [5.41, 5.74) is 0. The maximum absolute atomic E-state index is 11.1. The van der Waals surface area contributed by atoms with E-state index in [1.165, 1.54) is 58.5 Å². The first kappa shape index (κ1) is 28.4. The lowest BCUT2D eigenvalue weighted by Crippen LogP contribution is -2.43. The van der Waals surface area contributed by atoms with Crippen LogP contribution < -0.4 is 0 Å². The molecule has 0 heterocycles. The summed E-state index contributed by atoms with van der Waals surface area (Å²) in [5.74, 6) is -0.0860. The average Bonchev–Trinajstić information content (AvgIpc) is 2.64. The quantitative estimate of drug-likeness (QED) is 0.102. The molecule has 1 unspecified atom stereocenters. The van der Waals surface area contributed by atoms with E-state index in [9.17, 15) is 4.79 Å². The van der Waals surface area contributed by atoms with Crippen molar-refractivity contribution < 1.29 is 14.0 Å². The van der Waals surface area contributed by atoms with Crippen LogP contribution in [0.4, 0.5) is 0 Å². The zero-order valence-electron chi connectivity index (χ0n) is 20.6. The fraction of sp³-hybridized carbons (Fsp3) is 0.880. The van der Waals surface area contributed by atoms with Gasteiger partial charge in [-0.05, 0) is 50.2 Å². The van der Waals surface area contributed by atoms with Crippen LogP contribution >= 0.6 is 0 Å². The van der Waals surface area contributed by atoms with Crippen molar-refractivity contribution in [2.24, 2.45) is 0 Å². The zero-order valence-corrected chi connectivity index (χ0v) is 21.6. The minimum atomic E-state index is -1.71. The molecule has 0 aromatic heterocycles. The maximum atomic E-state index is 11.1. The standard InChI is InChI=1S/C25H50O3Si/c1-8-9-10-17-20-23(28-29(6,7)25(2,3)4)21-18-15-13-11-12-14-16-19-22-24(26)27-5/h15,18,23H,8-14,16-17,19-22H2,1-7H3. The molecular formula is C25H50O3Si. The van der Waals surface area contributed by atoms with E-state index in [-0.39, 0.29) is 11.0 Å². The average molecular weight is 427 g/mol. The van der Waals surface area contributed by atoms with Crippen LogP contribution in [0.1, 0.15) is 111 Å². The second kappa shape index (κ2) is 16.1. The van der Waals surface area contributed by atoms with E-state index in [2.05, 4.69) is 57.7 Å². The van der Waals surface area contributed by atoms with E-state index in [1.54, 1.807) is 0 Å². The van der Waals surface area contributed by atoms with Gasteiger partial charge in [0.1, 0.15) is 0 Å². The molecule has 0 radical (unpaired) electrons. The van der Waals surface area contributed by atoms with Gasteiger partial charge in [-0.15, -0.1) is 0 Å². The van der Waals surface area contributed by atoms with Crippen molar-refractivity contribution in [2.75, 3.05) is 7.11 Å². The number of carbonyl (C=O) groups is 1. The Kier molecular flexibility index (Phi) is 15.8. The summed E-state index contributed by atoms with van der Waals surface area (Å²) in [5, 5.41) is 0.270. The summed E-state index contributed by atoms with van der Waals surface area (Å²) >= 11 is 0. The summed E-state index contributed by atoms with van der Waals surface area (Å²) in [7, 11) is -0.248. The Hall–Kier alpha value is -0.613. The fourth-order valence-electron chi connectivity index (χ4n) is 3.15. The van der Waals surface area contributed by atoms with E-state index in [4.69, 9.17) is 4.43 Å². The topological polar surface area (TPSA) is 35.5 Å². The van der Waals surface area contributed by atoms with E-state index in [1.807, 2.05) is 0 Å². The van der Waals surface area contributed by atoms with Gasteiger partial charge in [0.05, 0.1) is 7.11 Å². The first-order valence-electron chi connectivity index (χ1n) is 12.0. The lowest BCUT2D eigenvalue weighted by Gasteiger charge is -2.39. The highest BCUT2D eigenvalue weighted by atomic mass is 28.4. The molecule has 0 N–H and O–H groups in total. The second-order valence-corrected chi connectivity index (χ2v) is 14.7. The molecule has 0 aliphatic heterocycles. The van der Waals surface area contributed by atoms with Crippen LogP contribution in [0, 0.1) is 0 Å². The Morgan fingerprint density at radius 2 is 1.55 bits per heavy atom. The number of unbranched alkanes of at least 4 members (excludes halogenated alkanes) is 8. The summed E-state index contributed by atoms with van der Waals surface area (Å²) in [6, 6.07) is 0. The molecule has 4 heteroatoms. The van der Waals surface area contributed by atoms with Crippen LogP contribution in [0.3, 0.4) is 0 Å². The van der Waals surface area contributed by atoms with Crippen molar-refractivity contribution in [2.45, 2.75) is 135 Å². The molecule has 0 spiro atoms. The monoisotopic (exact) mass is 426 g/mol. The Bertz CT molecular complexity index is 438. The fourth-order valence-corrected chi connectivity index (χ4v) is 4.55. The molecule has 0 amide bonds. The Balaban J connectivity index is 4.18. The highest BCUT2D eigenvalue weighted by molar-refractivity contribution is 6.74. The first-order chi connectivity index (χ1) is 13.6. The Morgan fingerprint density at radius 3 is 2.17 bits per heavy atom. The molecule has 0 aliphatic carbocycles.